The molecule has 0 saturated heterocycles. The van der Waals surface area contributed by atoms with Crippen LogP contribution in [0.4, 0.5) is 0 Å². The van der Waals surface area contributed by atoms with E-state index in [9.17, 15) is 5.11 Å². The summed E-state index contributed by atoms with van der Waals surface area (Å²) in [7, 11) is 3.28. The van der Waals surface area contributed by atoms with Gasteiger partial charge in [0.2, 0.25) is 5.88 Å². The fourth-order valence-electron chi connectivity index (χ4n) is 3.53. The van der Waals surface area contributed by atoms with Gasteiger partial charge in [0.05, 0.1) is 48.7 Å². The molecule has 3 heterocycles. The molecule has 28 heavy (non-hydrogen) atoms. The standard InChI is InChI=1S/C22H29N3O3/c1-13(2)18-8-7-17(22(23-18)28-6)20-14(3)9-19-21(24-20)15(4)10-25(19)16(11-26)12-27-5/h7-10,13,16,26H,11-12H2,1-6H3/t16-/m1/s1. The lowest BCUT2D eigenvalue weighted by molar-refractivity contribution is 0.116. The summed E-state index contributed by atoms with van der Waals surface area (Å²) >= 11 is 0. The van der Waals surface area contributed by atoms with Gasteiger partial charge in [-0.15, -0.1) is 0 Å². The molecule has 3 aromatic rings. The molecule has 0 fully saturated rings. The van der Waals surface area contributed by atoms with Crippen LogP contribution in [0.15, 0.2) is 24.4 Å². The average Bonchev–Trinajstić information content (AvgIpc) is 3.00. The zero-order chi connectivity index (χ0) is 20.4. The Hall–Kier alpha value is -2.44. The molecule has 0 saturated carbocycles. The average molecular weight is 383 g/mol. The number of rotatable bonds is 7. The van der Waals surface area contributed by atoms with Gasteiger partial charge in [0.1, 0.15) is 0 Å². The van der Waals surface area contributed by atoms with Crippen molar-refractivity contribution >= 4 is 11.0 Å². The van der Waals surface area contributed by atoms with Crippen molar-refractivity contribution in [2.24, 2.45) is 0 Å². The first-order chi connectivity index (χ1) is 13.4. The molecule has 0 aliphatic carbocycles. The normalized spacial score (nSPS) is 12.7. The summed E-state index contributed by atoms with van der Waals surface area (Å²) < 4.78 is 12.9. The Labute approximate surface area is 166 Å². The molecule has 0 bridgehead atoms. The van der Waals surface area contributed by atoms with Crippen molar-refractivity contribution in [1.82, 2.24) is 14.5 Å². The third-order valence-corrected chi connectivity index (χ3v) is 5.06. The fraction of sp³-hybridized carbons (Fsp3) is 0.455. The summed E-state index contributed by atoms with van der Waals surface area (Å²) in [6.45, 7) is 8.74. The Morgan fingerprint density at radius 2 is 1.86 bits per heavy atom. The molecule has 6 heteroatoms. The van der Waals surface area contributed by atoms with E-state index < -0.39 is 0 Å². The lowest BCUT2D eigenvalue weighted by Crippen LogP contribution is -2.17. The first-order valence-electron chi connectivity index (χ1n) is 9.55. The van der Waals surface area contributed by atoms with Gasteiger partial charge in [0.25, 0.3) is 0 Å². The second-order valence-corrected chi connectivity index (χ2v) is 7.48. The van der Waals surface area contributed by atoms with Gasteiger partial charge < -0.3 is 19.1 Å². The van der Waals surface area contributed by atoms with Crippen LogP contribution in [0.5, 0.6) is 5.88 Å². The summed E-state index contributed by atoms with van der Waals surface area (Å²) in [5, 5.41) is 9.77. The van der Waals surface area contributed by atoms with Crippen molar-refractivity contribution in [2.45, 2.75) is 39.7 Å². The smallest absolute Gasteiger partial charge is 0.222 e. The highest BCUT2D eigenvalue weighted by Gasteiger charge is 2.19. The highest BCUT2D eigenvalue weighted by atomic mass is 16.5. The number of methoxy groups -OCH3 is 2. The molecule has 6 nitrogen and oxygen atoms in total. The maximum Gasteiger partial charge on any atom is 0.222 e. The molecular weight excluding hydrogens is 354 g/mol. The van der Waals surface area contributed by atoms with E-state index in [2.05, 4.69) is 29.5 Å². The topological polar surface area (TPSA) is 69.4 Å². The Morgan fingerprint density at radius 1 is 1.11 bits per heavy atom. The zero-order valence-electron chi connectivity index (χ0n) is 17.5. The third-order valence-electron chi connectivity index (χ3n) is 5.06. The Balaban J connectivity index is 2.17. The number of hydrogen-bond acceptors (Lipinski definition) is 5. The van der Waals surface area contributed by atoms with Crippen LogP contribution < -0.4 is 4.74 Å². The van der Waals surface area contributed by atoms with Crippen LogP contribution in [0.25, 0.3) is 22.3 Å². The van der Waals surface area contributed by atoms with Crippen molar-refractivity contribution < 1.29 is 14.6 Å². The summed E-state index contributed by atoms with van der Waals surface area (Å²) in [5.41, 5.74) is 6.71. The van der Waals surface area contributed by atoms with Crippen molar-refractivity contribution in [3.8, 4) is 17.1 Å². The highest BCUT2D eigenvalue weighted by molar-refractivity contribution is 5.85. The van der Waals surface area contributed by atoms with Gasteiger partial charge in [-0.25, -0.2) is 9.97 Å². The highest BCUT2D eigenvalue weighted by Crippen LogP contribution is 2.34. The molecule has 1 atom stereocenters. The SMILES string of the molecule is COC[C@@H](CO)n1cc(C)c2nc(-c3ccc(C(C)C)nc3OC)c(C)cc21. The zero-order valence-corrected chi connectivity index (χ0v) is 17.5. The van der Waals surface area contributed by atoms with Gasteiger partial charge in [0, 0.05) is 19.0 Å². The minimum absolute atomic E-state index is 0.00622. The molecule has 150 valence electrons. The predicted molar refractivity (Wildman–Crippen MR) is 111 cm³/mol. The number of hydrogen-bond donors (Lipinski definition) is 1. The second-order valence-electron chi connectivity index (χ2n) is 7.48. The largest absolute Gasteiger partial charge is 0.480 e. The van der Waals surface area contributed by atoms with E-state index in [1.54, 1.807) is 14.2 Å². The van der Waals surface area contributed by atoms with Crippen LogP contribution in [0.3, 0.4) is 0 Å². The molecule has 0 spiro atoms. The first-order valence-corrected chi connectivity index (χ1v) is 9.55. The molecule has 0 aliphatic heterocycles. The lowest BCUT2D eigenvalue weighted by Gasteiger charge is -2.17. The van der Waals surface area contributed by atoms with Crippen LogP contribution in [-0.4, -0.2) is 47.1 Å². The minimum Gasteiger partial charge on any atom is -0.480 e. The molecular formula is C22H29N3O3. The molecule has 0 amide bonds. The number of nitrogens with zero attached hydrogens (tertiary/aromatic N) is 3. The monoisotopic (exact) mass is 383 g/mol. The van der Waals surface area contributed by atoms with E-state index in [0.29, 0.717) is 18.4 Å². The van der Waals surface area contributed by atoms with E-state index >= 15 is 0 Å². The summed E-state index contributed by atoms with van der Waals surface area (Å²) in [6, 6.07) is 6.04. The molecule has 0 aromatic carbocycles. The molecule has 0 radical (unpaired) electrons. The summed E-state index contributed by atoms with van der Waals surface area (Å²) in [6.07, 6.45) is 2.03. The van der Waals surface area contributed by atoms with Crippen molar-refractivity contribution in [3.63, 3.8) is 0 Å². The van der Waals surface area contributed by atoms with Crippen molar-refractivity contribution in [2.75, 3.05) is 27.4 Å². The quantitative estimate of drug-likeness (QED) is 0.667. The number of pyridine rings is 2. The first kappa shape index (κ1) is 20.3. The van der Waals surface area contributed by atoms with E-state index in [1.807, 2.05) is 32.2 Å². The number of aliphatic hydroxyl groups excluding tert-OH is 1. The molecule has 1 N–H and O–H groups in total. The van der Waals surface area contributed by atoms with Gasteiger partial charge in [0.15, 0.2) is 0 Å². The molecule has 0 aliphatic rings. The van der Waals surface area contributed by atoms with Gasteiger partial charge in [-0.2, -0.15) is 0 Å². The molecule has 3 aromatic heterocycles. The Kier molecular flexibility index (Phi) is 6.01. The van der Waals surface area contributed by atoms with Gasteiger partial charge in [-0.1, -0.05) is 13.8 Å². The number of ether oxygens (including phenoxy) is 2. The van der Waals surface area contributed by atoms with Gasteiger partial charge in [-0.05, 0) is 49.1 Å². The maximum atomic E-state index is 9.77. The lowest BCUT2D eigenvalue weighted by atomic mass is 10.0. The number of fused-ring (bicyclic) bond motifs is 1. The molecule has 3 rings (SSSR count). The molecule has 0 unspecified atom stereocenters. The Bertz CT molecular complexity index is 979. The van der Waals surface area contributed by atoms with E-state index in [-0.39, 0.29) is 12.6 Å². The van der Waals surface area contributed by atoms with Gasteiger partial charge in [-0.3, -0.25) is 0 Å². The minimum atomic E-state index is -0.144. The van der Waals surface area contributed by atoms with E-state index in [4.69, 9.17) is 14.5 Å². The fourth-order valence-corrected chi connectivity index (χ4v) is 3.53. The summed E-state index contributed by atoms with van der Waals surface area (Å²) in [5.74, 6) is 0.915. The summed E-state index contributed by atoms with van der Waals surface area (Å²) in [4.78, 5) is 9.63. The van der Waals surface area contributed by atoms with Crippen molar-refractivity contribution in [3.05, 3.63) is 41.2 Å². The number of aryl methyl sites for hydroxylation is 2. The van der Waals surface area contributed by atoms with Crippen LogP contribution in [0.1, 0.15) is 42.6 Å². The van der Waals surface area contributed by atoms with Crippen LogP contribution in [0, 0.1) is 13.8 Å². The number of aromatic nitrogens is 3. The van der Waals surface area contributed by atoms with Crippen molar-refractivity contribution in [1.29, 1.82) is 0 Å². The van der Waals surface area contributed by atoms with E-state index in [0.717, 1.165) is 39.1 Å². The maximum absolute atomic E-state index is 9.77. The Morgan fingerprint density at radius 3 is 2.46 bits per heavy atom. The number of aliphatic hydroxyl groups is 1. The van der Waals surface area contributed by atoms with Crippen LogP contribution >= 0.6 is 0 Å². The second kappa shape index (κ2) is 8.29. The van der Waals surface area contributed by atoms with Crippen LogP contribution in [-0.2, 0) is 4.74 Å². The third kappa shape index (κ3) is 3.62. The van der Waals surface area contributed by atoms with E-state index in [1.165, 1.54) is 0 Å². The van der Waals surface area contributed by atoms with Crippen LogP contribution in [0.2, 0.25) is 0 Å². The van der Waals surface area contributed by atoms with Gasteiger partial charge >= 0.3 is 0 Å². The predicted octanol–water partition coefficient (Wildman–Crippen LogP) is 4.03.